The van der Waals surface area contributed by atoms with Gasteiger partial charge in [0.2, 0.25) is 0 Å². The SMILES string of the molecule is Cc1ccc(Cn2cc(C(=O)N3CCC(O)(C(F)F)CC3)c(-c3ccc(C)cc3)n2)cc1. The molecule has 0 bridgehead atoms. The van der Waals surface area contributed by atoms with E-state index in [9.17, 15) is 18.7 Å². The van der Waals surface area contributed by atoms with Crippen LogP contribution in [0.5, 0.6) is 0 Å². The van der Waals surface area contributed by atoms with Crippen LogP contribution < -0.4 is 0 Å². The summed E-state index contributed by atoms with van der Waals surface area (Å²) in [5.74, 6) is -0.257. The smallest absolute Gasteiger partial charge is 0.266 e. The Morgan fingerprint density at radius 1 is 1.03 bits per heavy atom. The van der Waals surface area contributed by atoms with Crippen molar-refractivity contribution >= 4 is 5.91 Å². The van der Waals surface area contributed by atoms with Crippen molar-refractivity contribution < 1.29 is 18.7 Å². The first-order valence-corrected chi connectivity index (χ1v) is 10.7. The third kappa shape index (κ3) is 4.58. The van der Waals surface area contributed by atoms with Gasteiger partial charge < -0.3 is 10.0 Å². The number of likely N-dealkylation sites (tertiary alicyclic amines) is 1. The van der Waals surface area contributed by atoms with E-state index < -0.39 is 12.0 Å². The summed E-state index contributed by atoms with van der Waals surface area (Å²) in [4.78, 5) is 14.9. The van der Waals surface area contributed by atoms with Gasteiger partial charge in [0.25, 0.3) is 12.3 Å². The molecule has 1 saturated heterocycles. The summed E-state index contributed by atoms with van der Waals surface area (Å²) in [5, 5.41) is 14.8. The first kappa shape index (κ1) is 22.1. The summed E-state index contributed by atoms with van der Waals surface area (Å²) in [6.45, 7) is 4.69. The Morgan fingerprint density at radius 3 is 2.16 bits per heavy atom. The van der Waals surface area contributed by atoms with Crippen LogP contribution in [0, 0.1) is 13.8 Å². The molecule has 1 aliphatic rings. The molecule has 7 heteroatoms. The Morgan fingerprint density at radius 2 is 1.59 bits per heavy atom. The van der Waals surface area contributed by atoms with E-state index in [1.54, 1.807) is 10.9 Å². The molecule has 32 heavy (non-hydrogen) atoms. The van der Waals surface area contributed by atoms with Gasteiger partial charge >= 0.3 is 0 Å². The third-order valence-electron chi connectivity index (χ3n) is 6.10. The molecule has 0 spiro atoms. The number of aryl methyl sites for hydroxylation is 2. The Balaban J connectivity index is 1.63. The molecule has 1 aromatic heterocycles. The highest BCUT2D eigenvalue weighted by molar-refractivity contribution is 5.99. The van der Waals surface area contributed by atoms with Crippen LogP contribution in [0.4, 0.5) is 8.78 Å². The molecule has 0 saturated carbocycles. The Kier molecular flexibility index (Phi) is 6.11. The molecule has 0 atom stereocenters. The lowest BCUT2D eigenvalue weighted by Gasteiger charge is -2.37. The number of amides is 1. The average Bonchev–Trinajstić information content (AvgIpc) is 3.19. The molecule has 0 radical (unpaired) electrons. The molecule has 0 aliphatic carbocycles. The number of piperidine rings is 1. The van der Waals surface area contributed by atoms with Gasteiger partial charge in [0.15, 0.2) is 0 Å². The van der Waals surface area contributed by atoms with E-state index >= 15 is 0 Å². The normalized spacial score (nSPS) is 15.9. The largest absolute Gasteiger partial charge is 0.384 e. The fourth-order valence-corrected chi connectivity index (χ4v) is 3.95. The van der Waals surface area contributed by atoms with Crippen LogP contribution in [-0.2, 0) is 6.54 Å². The van der Waals surface area contributed by atoms with Gasteiger partial charge in [-0.1, -0.05) is 59.7 Å². The lowest BCUT2D eigenvalue weighted by Crippen LogP contribution is -2.50. The topological polar surface area (TPSA) is 58.4 Å². The second-order valence-corrected chi connectivity index (χ2v) is 8.64. The van der Waals surface area contributed by atoms with Crippen molar-refractivity contribution in [2.75, 3.05) is 13.1 Å². The van der Waals surface area contributed by atoms with Crippen LogP contribution >= 0.6 is 0 Å². The van der Waals surface area contributed by atoms with Crippen molar-refractivity contribution in [1.82, 2.24) is 14.7 Å². The summed E-state index contributed by atoms with van der Waals surface area (Å²) in [7, 11) is 0. The van der Waals surface area contributed by atoms with Gasteiger partial charge in [-0.05, 0) is 32.3 Å². The van der Waals surface area contributed by atoms with Crippen molar-refractivity contribution in [3.8, 4) is 11.3 Å². The number of aromatic nitrogens is 2. The van der Waals surface area contributed by atoms with Crippen molar-refractivity contribution in [2.24, 2.45) is 0 Å². The fourth-order valence-electron chi connectivity index (χ4n) is 3.95. The number of hydrogen-bond acceptors (Lipinski definition) is 3. The van der Waals surface area contributed by atoms with Crippen molar-refractivity contribution in [2.45, 2.75) is 45.3 Å². The lowest BCUT2D eigenvalue weighted by atomic mass is 9.91. The molecule has 1 fully saturated rings. The van der Waals surface area contributed by atoms with Crippen LogP contribution in [0.2, 0.25) is 0 Å². The molecule has 1 N–H and O–H groups in total. The second kappa shape index (κ2) is 8.82. The highest BCUT2D eigenvalue weighted by atomic mass is 19.3. The Labute approximate surface area is 186 Å². The Bertz CT molecular complexity index is 1080. The van der Waals surface area contributed by atoms with E-state index in [-0.39, 0.29) is 31.8 Å². The summed E-state index contributed by atoms with van der Waals surface area (Å²) in [6, 6.07) is 15.9. The van der Waals surface area contributed by atoms with Gasteiger partial charge in [-0.2, -0.15) is 5.10 Å². The van der Waals surface area contributed by atoms with E-state index in [1.807, 2.05) is 62.4 Å². The maximum atomic E-state index is 13.4. The average molecular weight is 440 g/mol. The molecule has 0 unspecified atom stereocenters. The predicted molar refractivity (Wildman–Crippen MR) is 119 cm³/mol. The highest BCUT2D eigenvalue weighted by Gasteiger charge is 2.42. The van der Waals surface area contributed by atoms with Crippen LogP contribution in [0.3, 0.4) is 0 Å². The number of halogens is 2. The molecular formula is C25H27F2N3O2. The molecule has 2 heterocycles. The predicted octanol–water partition coefficient (Wildman–Crippen LogP) is 4.45. The third-order valence-corrected chi connectivity index (χ3v) is 6.10. The van der Waals surface area contributed by atoms with Gasteiger partial charge in [-0.25, -0.2) is 8.78 Å². The Hall–Kier alpha value is -3.06. The molecule has 5 nitrogen and oxygen atoms in total. The summed E-state index contributed by atoms with van der Waals surface area (Å²) in [5.41, 5.74) is 3.13. The van der Waals surface area contributed by atoms with Crippen LogP contribution in [-0.4, -0.2) is 50.8 Å². The minimum absolute atomic E-state index is 0.0795. The summed E-state index contributed by atoms with van der Waals surface area (Å²) >= 11 is 0. The molecule has 168 valence electrons. The van der Waals surface area contributed by atoms with E-state index in [1.165, 1.54) is 10.5 Å². The van der Waals surface area contributed by atoms with E-state index in [0.29, 0.717) is 17.8 Å². The molecule has 1 aliphatic heterocycles. The van der Waals surface area contributed by atoms with Crippen LogP contribution in [0.25, 0.3) is 11.3 Å². The van der Waals surface area contributed by atoms with Gasteiger partial charge in [0, 0.05) is 24.8 Å². The van der Waals surface area contributed by atoms with Crippen LogP contribution in [0.15, 0.2) is 54.7 Å². The van der Waals surface area contributed by atoms with Crippen molar-refractivity contribution in [1.29, 1.82) is 0 Å². The summed E-state index contributed by atoms with van der Waals surface area (Å²) < 4.78 is 28.0. The standard InChI is InChI=1S/C25H27F2N3O2/c1-17-3-7-19(8-4-17)15-30-16-21(22(28-30)20-9-5-18(2)6-10-20)23(31)29-13-11-25(32,12-14-29)24(26)27/h3-10,16,24,32H,11-15H2,1-2H3. The summed E-state index contributed by atoms with van der Waals surface area (Å²) in [6.07, 6.45) is -1.38. The van der Waals surface area contributed by atoms with E-state index in [4.69, 9.17) is 5.10 Å². The fraction of sp³-hybridized carbons (Fsp3) is 0.360. The zero-order valence-electron chi connectivity index (χ0n) is 18.3. The first-order valence-electron chi connectivity index (χ1n) is 10.7. The second-order valence-electron chi connectivity index (χ2n) is 8.64. The highest BCUT2D eigenvalue weighted by Crippen LogP contribution is 2.31. The number of hydrogen-bond donors (Lipinski definition) is 1. The number of aliphatic hydroxyl groups is 1. The van der Waals surface area contributed by atoms with Gasteiger partial charge in [-0.15, -0.1) is 0 Å². The van der Waals surface area contributed by atoms with Crippen LogP contribution in [0.1, 0.15) is 39.9 Å². The first-order chi connectivity index (χ1) is 15.2. The number of benzene rings is 2. The maximum Gasteiger partial charge on any atom is 0.266 e. The van der Waals surface area contributed by atoms with Gasteiger partial charge in [0.1, 0.15) is 11.3 Å². The minimum Gasteiger partial charge on any atom is -0.384 e. The number of carbonyl (C=O) groups excluding carboxylic acids is 1. The van der Waals surface area contributed by atoms with E-state index in [2.05, 4.69) is 0 Å². The number of rotatable bonds is 5. The molecule has 2 aromatic carbocycles. The van der Waals surface area contributed by atoms with Crippen molar-refractivity contribution in [3.63, 3.8) is 0 Å². The molecular weight excluding hydrogens is 412 g/mol. The molecule has 1 amide bonds. The molecule has 4 rings (SSSR count). The lowest BCUT2D eigenvalue weighted by molar-refractivity contribution is -0.122. The number of carbonyl (C=O) groups is 1. The van der Waals surface area contributed by atoms with E-state index in [0.717, 1.165) is 16.7 Å². The number of nitrogens with zero attached hydrogens (tertiary/aromatic N) is 3. The zero-order valence-corrected chi connectivity index (χ0v) is 18.3. The molecule has 3 aromatic rings. The monoisotopic (exact) mass is 439 g/mol. The van der Waals surface area contributed by atoms with Gasteiger partial charge in [0.05, 0.1) is 12.1 Å². The van der Waals surface area contributed by atoms with Gasteiger partial charge in [-0.3, -0.25) is 9.48 Å². The quantitative estimate of drug-likeness (QED) is 0.639. The number of alkyl halides is 2. The van der Waals surface area contributed by atoms with Crippen molar-refractivity contribution in [3.05, 3.63) is 77.0 Å². The minimum atomic E-state index is -2.82. The zero-order chi connectivity index (χ0) is 22.9. The maximum absolute atomic E-state index is 13.4.